The number of aromatic amines is 1. The molecule has 3 N–H and O–H groups in total. The summed E-state index contributed by atoms with van der Waals surface area (Å²) in [5.41, 5.74) is 6.10. The fourth-order valence-electron chi connectivity index (χ4n) is 1.66. The molecule has 0 aliphatic carbocycles. The third-order valence-electron chi connectivity index (χ3n) is 2.63. The summed E-state index contributed by atoms with van der Waals surface area (Å²) in [5.74, 6) is 0.350. The third kappa shape index (κ3) is 3.35. The van der Waals surface area contributed by atoms with Gasteiger partial charge in [0, 0.05) is 6.04 Å². The zero-order chi connectivity index (χ0) is 15.4. The number of rotatable bonds is 6. The average molecular weight is 310 g/mol. The minimum atomic E-state index is -0.261. The maximum absolute atomic E-state index is 11.7. The molecular weight excluding hydrogens is 292 g/mol. The van der Waals surface area contributed by atoms with Gasteiger partial charge in [0.15, 0.2) is 5.16 Å². The van der Waals surface area contributed by atoms with E-state index >= 15 is 0 Å². The van der Waals surface area contributed by atoms with Crippen molar-refractivity contribution in [1.82, 2.24) is 24.7 Å². The molecular formula is C12H18N6O2S. The van der Waals surface area contributed by atoms with Gasteiger partial charge in [-0.2, -0.15) is 4.98 Å². The van der Waals surface area contributed by atoms with Crippen molar-refractivity contribution in [2.45, 2.75) is 43.4 Å². The van der Waals surface area contributed by atoms with Crippen LogP contribution in [0.1, 0.15) is 33.2 Å². The normalized spacial score (nSPS) is 11.0. The summed E-state index contributed by atoms with van der Waals surface area (Å²) in [6, 6.07) is -0.0161. The lowest BCUT2D eigenvalue weighted by molar-refractivity contribution is 0.305. The average Bonchev–Trinajstić information content (AvgIpc) is 2.81. The summed E-state index contributed by atoms with van der Waals surface area (Å²) in [7, 11) is 0. The van der Waals surface area contributed by atoms with Crippen molar-refractivity contribution in [3.63, 3.8) is 0 Å². The second-order valence-corrected chi connectivity index (χ2v) is 5.58. The molecule has 9 heteroatoms. The molecule has 0 saturated carbocycles. The Morgan fingerprint density at radius 2 is 2.24 bits per heavy atom. The van der Waals surface area contributed by atoms with E-state index in [0.717, 1.165) is 6.42 Å². The third-order valence-corrected chi connectivity index (χ3v) is 3.62. The Balaban J connectivity index is 2.30. The Morgan fingerprint density at radius 3 is 2.90 bits per heavy atom. The first-order chi connectivity index (χ1) is 10.0. The number of aromatic nitrogens is 5. The standard InChI is InChI=1S/C12H18N6O2S/c1-4-5-20-9-8(13)10(15-6-14-9)21-12-17-16-11(19)18(12)7(2)3/h6-7H,4-5,13H2,1-3H3,(H,16,19). The Morgan fingerprint density at radius 1 is 1.48 bits per heavy atom. The molecule has 2 aromatic rings. The van der Waals surface area contributed by atoms with E-state index in [1.165, 1.54) is 18.1 Å². The summed E-state index contributed by atoms with van der Waals surface area (Å²) < 4.78 is 7.00. The molecule has 21 heavy (non-hydrogen) atoms. The minimum absolute atomic E-state index is 0.0161. The van der Waals surface area contributed by atoms with Gasteiger partial charge in [-0.05, 0) is 32.0 Å². The van der Waals surface area contributed by atoms with Crippen molar-refractivity contribution >= 4 is 17.4 Å². The van der Waals surface area contributed by atoms with E-state index in [9.17, 15) is 4.79 Å². The molecule has 0 fully saturated rings. The number of nitrogen functional groups attached to an aromatic ring is 1. The Labute approximate surface area is 126 Å². The second-order valence-electron chi connectivity index (χ2n) is 4.62. The van der Waals surface area contributed by atoms with E-state index < -0.39 is 0 Å². The summed E-state index contributed by atoms with van der Waals surface area (Å²) in [6.45, 7) is 6.34. The van der Waals surface area contributed by atoms with Crippen LogP contribution in [0.5, 0.6) is 5.88 Å². The van der Waals surface area contributed by atoms with Gasteiger partial charge in [0.1, 0.15) is 17.0 Å². The molecule has 2 aromatic heterocycles. The second kappa shape index (κ2) is 6.61. The SMILES string of the molecule is CCCOc1ncnc(Sc2n[nH]c(=O)n2C(C)C)c1N. The van der Waals surface area contributed by atoms with Gasteiger partial charge >= 0.3 is 5.69 Å². The molecule has 0 radical (unpaired) electrons. The van der Waals surface area contributed by atoms with Gasteiger partial charge in [0.25, 0.3) is 0 Å². The van der Waals surface area contributed by atoms with Crippen LogP contribution in [-0.4, -0.2) is 31.3 Å². The molecule has 0 aliphatic rings. The highest BCUT2D eigenvalue weighted by molar-refractivity contribution is 7.99. The maximum atomic E-state index is 11.7. The quantitative estimate of drug-likeness (QED) is 0.777. The van der Waals surface area contributed by atoms with Crippen molar-refractivity contribution in [3.05, 3.63) is 16.8 Å². The number of nitrogens with two attached hydrogens (primary N) is 1. The van der Waals surface area contributed by atoms with Crippen molar-refractivity contribution in [1.29, 1.82) is 0 Å². The van der Waals surface area contributed by atoms with E-state index in [-0.39, 0.29) is 11.7 Å². The predicted molar refractivity (Wildman–Crippen MR) is 79.6 cm³/mol. The zero-order valence-corrected chi connectivity index (χ0v) is 13.0. The predicted octanol–water partition coefficient (Wildman–Crippen LogP) is 1.46. The number of hydrogen-bond donors (Lipinski definition) is 2. The Hall–Kier alpha value is -2.03. The molecule has 8 nitrogen and oxygen atoms in total. The fourth-order valence-corrected chi connectivity index (χ4v) is 2.62. The molecule has 0 atom stereocenters. The van der Waals surface area contributed by atoms with Crippen LogP contribution >= 0.6 is 11.8 Å². The highest BCUT2D eigenvalue weighted by Crippen LogP contribution is 2.33. The molecule has 0 saturated heterocycles. The van der Waals surface area contributed by atoms with Crippen LogP contribution in [0.3, 0.4) is 0 Å². The van der Waals surface area contributed by atoms with Crippen molar-refractivity contribution in [2.75, 3.05) is 12.3 Å². The van der Waals surface area contributed by atoms with Gasteiger partial charge in [0.2, 0.25) is 5.88 Å². The highest BCUT2D eigenvalue weighted by atomic mass is 32.2. The number of hydrogen-bond acceptors (Lipinski definition) is 7. The Kier molecular flexibility index (Phi) is 4.84. The van der Waals surface area contributed by atoms with Gasteiger partial charge in [-0.1, -0.05) is 6.92 Å². The van der Waals surface area contributed by atoms with Gasteiger partial charge in [0.05, 0.1) is 6.61 Å². The van der Waals surface area contributed by atoms with E-state index in [0.29, 0.717) is 28.4 Å². The number of nitrogens with zero attached hydrogens (tertiary/aromatic N) is 4. The Bertz CT molecular complexity index is 666. The van der Waals surface area contributed by atoms with E-state index in [4.69, 9.17) is 10.5 Å². The van der Waals surface area contributed by atoms with Crippen LogP contribution in [0, 0.1) is 0 Å². The van der Waals surface area contributed by atoms with Crippen molar-refractivity contribution in [3.8, 4) is 5.88 Å². The first-order valence-corrected chi connectivity index (χ1v) is 7.44. The molecule has 0 aliphatic heterocycles. The van der Waals surface area contributed by atoms with Crippen LogP contribution in [0.4, 0.5) is 5.69 Å². The molecule has 2 rings (SSSR count). The lowest BCUT2D eigenvalue weighted by Crippen LogP contribution is -2.19. The number of nitrogens with one attached hydrogen (secondary N) is 1. The van der Waals surface area contributed by atoms with E-state index in [2.05, 4.69) is 20.2 Å². The molecule has 0 aromatic carbocycles. The van der Waals surface area contributed by atoms with Crippen LogP contribution < -0.4 is 16.2 Å². The van der Waals surface area contributed by atoms with E-state index in [1.54, 1.807) is 4.57 Å². The van der Waals surface area contributed by atoms with Crippen molar-refractivity contribution in [2.24, 2.45) is 0 Å². The fraction of sp³-hybridized carbons (Fsp3) is 0.500. The summed E-state index contributed by atoms with van der Waals surface area (Å²) in [5, 5.41) is 7.44. The molecule has 0 spiro atoms. The van der Waals surface area contributed by atoms with Gasteiger partial charge < -0.3 is 10.5 Å². The molecule has 0 bridgehead atoms. The van der Waals surface area contributed by atoms with E-state index in [1.807, 2.05) is 20.8 Å². The highest BCUT2D eigenvalue weighted by Gasteiger charge is 2.17. The first kappa shape index (κ1) is 15.4. The monoisotopic (exact) mass is 310 g/mol. The molecule has 0 amide bonds. The van der Waals surface area contributed by atoms with Crippen LogP contribution in [-0.2, 0) is 0 Å². The lowest BCUT2D eigenvalue weighted by Gasteiger charge is -2.11. The van der Waals surface area contributed by atoms with Gasteiger partial charge in [-0.25, -0.2) is 14.9 Å². The van der Waals surface area contributed by atoms with Crippen LogP contribution in [0.15, 0.2) is 21.3 Å². The number of anilines is 1. The molecule has 114 valence electrons. The molecule has 2 heterocycles. The van der Waals surface area contributed by atoms with Crippen LogP contribution in [0.2, 0.25) is 0 Å². The first-order valence-electron chi connectivity index (χ1n) is 6.62. The summed E-state index contributed by atoms with van der Waals surface area (Å²) in [6.07, 6.45) is 2.24. The zero-order valence-electron chi connectivity index (χ0n) is 12.2. The smallest absolute Gasteiger partial charge is 0.344 e. The van der Waals surface area contributed by atoms with Gasteiger partial charge in [-0.3, -0.25) is 4.57 Å². The maximum Gasteiger partial charge on any atom is 0.344 e. The topological polar surface area (TPSA) is 112 Å². The lowest BCUT2D eigenvalue weighted by atomic mass is 10.4. The summed E-state index contributed by atoms with van der Waals surface area (Å²) >= 11 is 1.20. The summed E-state index contributed by atoms with van der Waals surface area (Å²) in [4.78, 5) is 19.8. The number of ether oxygens (including phenoxy) is 1. The minimum Gasteiger partial charge on any atom is -0.476 e. The molecule has 0 unspecified atom stereocenters. The van der Waals surface area contributed by atoms with Crippen LogP contribution in [0.25, 0.3) is 0 Å². The largest absolute Gasteiger partial charge is 0.476 e. The van der Waals surface area contributed by atoms with Crippen molar-refractivity contribution < 1.29 is 4.74 Å². The number of H-pyrrole nitrogens is 1. The van der Waals surface area contributed by atoms with Gasteiger partial charge in [-0.15, -0.1) is 5.10 Å².